The number of aryl methyl sites for hydroxylation is 2. The number of halogens is 1. The van der Waals surface area contributed by atoms with Crippen LogP contribution in [0, 0.1) is 19.7 Å². The van der Waals surface area contributed by atoms with Crippen LogP contribution in [0.3, 0.4) is 0 Å². The van der Waals surface area contributed by atoms with Crippen LogP contribution < -0.4 is 11.1 Å². The molecule has 3 N–H and O–H groups in total. The molecule has 4 heteroatoms. The van der Waals surface area contributed by atoms with E-state index in [9.17, 15) is 9.18 Å². The fourth-order valence-electron chi connectivity index (χ4n) is 1.99. The van der Waals surface area contributed by atoms with Crippen LogP contribution in [-0.2, 0) is 0 Å². The molecule has 3 nitrogen and oxygen atoms in total. The van der Waals surface area contributed by atoms with E-state index in [4.69, 9.17) is 5.73 Å². The first kappa shape index (κ1) is 13.1. The van der Waals surface area contributed by atoms with Gasteiger partial charge in [-0.15, -0.1) is 0 Å². The molecule has 0 aliphatic carbocycles. The smallest absolute Gasteiger partial charge is 0.256 e. The molecule has 0 atom stereocenters. The molecule has 1 amide bonds. The van der Waals surface area contributed by atoms with E-state index < -0.39 is 5.82 Å². The number of carbonyl (C=O) groups is 1. The van der Waals surface area contributed by atoms with Crippen molar-refractivity contribution in [1.82, 2.24) is 0 Å². The van der Waals surface area contributed by atoms with E-state index in [1.165, 1.54) is 18.2 Å². The molecule has 98 valence electrons. The Morgan fingerprint density at radius 1 is 1.16 bits per heavy atom. The highest BCUT2D eigenvalue weighted by Gasteiger charge is 2.13. The van der Waals surface area contributed by atoms with Crippen LogP contribution in [-0.4, -0.2) is 5.91 Å². The lowest BCUT2D eigenvalue weighted by Gasteiger charge is -2.12. The molecule has 2 rings (SSSR count). The molecule has 0 aliphatic heterocycles. The number of hydrogen-bond donors (Lipinski definition) is 2. The van der Waals surface area contributed by atoms with Gasteiger partial charge < -0.3 is 11.1 Å². The number of anilines is 2. The zero-order valence-corrected chi connectivity index (χ0v) is 10.8. The summed E-state index contributed by atoms with van der Waals surface area (Å²) in [7, 11) is 0. The van der Waals surface area contributed by atoms with Crippen molar-refractivity contribution in [2.75, 3.05) is 11.1 Å². The van der Waals surface area contributed by atoms with Crippen LogP contribution >= 0.6 is 0 Å². The first-order valence-corrected chi connectivity index (χ1v) is 5.91. The van der Waals surface area contributed by atoms with E-state index in [1.807, 2.05) is 32.0 Å². The molecule has 0 aromatic heterocycles. The van der Waals surface area contributed by atoms with Crippen molar-refractivity contribution in [1.29, 1.82) is 0 Å². The van der Waals surface area contributed by atoms with Crippen molar-refractivity contribution >= 4 is 17.3 Å². The summed E-state index contributed by atoms with van der Waals surface area (Å²) < 4.78 is 13.2. The second-order valence-corrected chi connectivity index (χ2v) is 4.45. The molecule has 0 unspecified atom stereocenters. The molecule has 2 aromatic rings. The summed E-state index contributed by atoms with van der Waals surface area (Å²) in [5.41, 5.74) is 8.65. The molecule has 0 radical (unpaired) electrons. The fraction of sp³-hybridized carbons (Fsp3) is 0.133. The van der Waals surface area contributed by atoms with Crippen LogP contribution in [0.15, 0.2) is 36.4 Å². The highest BCUT2D eigenvalue weighted by molar-refractivity contribution is 6.07. The van der Waals surface area contributed by atoms with Gasteiger partial charge in [0.2, 0.25) is 0 Å². The van der Waals surface area contributed by atoms with Crippen molar-refractivity contribution in [3.63, 3.8) is 0 Å². The number of nitrogen functional groups attached to an aromatic ring is 1. The highest BCUT2D eigenvalue weighted by atomic mass is 19.1. The zero-order valence-electron chi connectivity index (χ0n) is 10.8. The molecular formula is C15H15FN2O. The second kappa shape index (κ2) is 5.10. The number of carbonyl (C=O) groups excluding carboxylic acids is 1. The predicted molar refractivity (Wildman–Crippen MR) is 74.7 cm³/mol. The Morgan fingerprint density at radius 2 is 1.79 bits per heavy atom. The molecule has 19 heavy (non-hydrogen) atoms. The van der Waals surface area contributed by atoms with Gasteiger partial charge in [0.25, 0.3) is 5.91 Å². The predicted octanol–water partition coefficient (Wildman–Crippen LogP) is 3.28. The van der Waals surface area contributed by atoms with Crippen LogP contribution in [0.25, 0.3) is 0 Å². The summed E-state index contributed by atoms with van der Waals surface area (Å²) in [4.78, 5) is 12.2. The average molecular weight is 258 g/mol. The first-order valence-electron chi connectivity index (χ1n) is 5.91. The summed E-state index contributed by atoms with van der Waals surface area (Å²) in [5.74, 6) is -0.723. The third kappa shape index (κ3) is 2.73. The molecule has 0 saturated heterocycles. The Balaban J connectivity index is 2.34. The Hall–Kier alpha value is -2.36. The summed E-state index contributed by atoms with van der Waals surface area (Å²) in [5, 5.41) is 2.65. The van der Waals surface area contributed by atoms with Crippen molar-refractivity contribution in [3.05, 3.63) is 58.9 Å². The van der Waals surface area contributed by atoms with Gasteiger partial charge in [0.1, 0.15) is 5.82 Å². The van der Waals surface area contributed by atoms with Gasteiger partial charge in [-0.2, -0.15) is 0 Å². The molecule has 0 saturated carbocycles. The van der Waals surface area contributed by atoms with Gasteiger partial charge in [-0.3, -0.25) is 4.79 Å². The minimum Gasteiger partial charge on any atom is -0.397 e. The Bertz CT molecular complexity index is 618. The Labute approximate surface area is 111 Å². The lowest BCUT2D eigenvalue weighted by molar-refractivity contribution is 0.102. The largest absolute Gasteiger partial charge is 0.397 e. The van der Waals surface area contributed by atoms with Gasteiger partial charge in [0.05, 0.1) is 11.4 Å². The normalized spacial score (nSPS) is 10.3. The number of benzene rings is 2. The van der Waals surface area contributed by atoms with E-state index in [-0.39, 0.29) is 11.6 Å². The third-order valence-corrected chi connectivity index (χ3v) is 2.97. The lowest BCUT2D eigenvalue weighted by Crippen LogP contribution is -2.16. The van der Waals surface area contributed by atoms with Crippen molar-refractivity contribution in [2.24, 2.45) is 0 Å². The summed E-state index contributed by atoms with van der Waals surface area (Å²) in [6.07, 6.45) is 0. The lowest BCUT2D eigenvalue weighted by atomic mass is 10.0. The summed E-state index contributed by atoms with van der Waals surface area (Å²) in [6.45, 7) is 3.72. The van der Waals surface area contributed by atoms with E-state index >= 15 is 0 Å². The van der Waals surface area contributed by atoms with Crippen LogP contribution in [0.5, 0.6) is 0 Å². The summed E-state index contributed by atoms with van der Waals surface area (Å²) >= 11 is 0. The van der Waals surface area contributed by atoms with Crippen molar-refractivity contribution < 1.29 is 9.18 Å². The maximum atomic E-state index is 13.2. The number of nitrogens with one attached hydrogen (secondary N) is 1. The molecule has 0 spiro atoms. The number of hydrogen-bond acceptors (Lipinski definition) is 2. The standard InChI is InChI=1S/C15H15FN2O/c1-9-4-3-5-10(2)14(9)15(19)18-13-8-11(16)6-7-12(13)17/h3-8H,17H2,1-2H3,(H,18,19). The monoisotopic (exact) mass is 258 g/mol. The van der Waals surface area contributed by atoms with Crippen LogP contribution in [0.4, 0.5) is 15.8 Å². The maximum absolute atomic E-state index is 13.2. The van der Waals surface area contributed by atoms with Crippen molar-refractivity contribution in [2.45, 2.75) is 13.8 Å². The van der Waals surface area contributed by atoms with Gasteiger partial charge in [0, 0.05) is 5.56 Å². The molecule has 0 fully saturated rings. The molecule has 0 bridgehead atoms. The fourth-order valence-corrected chi connectivity index (χ4v) is 1.99. The van der Waals surface area contributed by atoms with Gasteiger partial charge in [0.15, 0.2) is 0 Å². The van der Waals surface area contributed by atoms with Gasteiger partial charge in [-0.25, -0.2) is 4.39 Å². The summed E-state index contributed by atoms with van der Waals surface area (Å²) in [6, 6.07) is 9.49. The second-order valence-electron chi connectivity index (χ2n) is 4.45. The number of nitrogens with two attached hydrogens (primary N) is 1. The maximum Gasteiger partial charge on any atom is 0.256 e. The van der Waals surface area contributed by atoms with Gasteiger partial charge >= 0.3 is 0 Å². The minimum absolute atomic E-state index is 0.284. The van der Waals surface area contributed by atoms with E-state index in [2.05, 4.69) is 5.32 Å². The average Bonchev–Trinajstić information content (AvgIpc) is 2.33. The van der Waals surface area contributed by atoms with Crippen LogP contribution in [0.1, 0.15) is 21.5 Å². The van der Waals surface area contributed by atoms with E-state index in [1.54, 1.807) is 0 Å². The number of amides is 1. The van der Waals surface area contributed by atoms with Gasteiger partial charge in [-0.05, 0) is 43.2 Å². The zero-order chi connectivity index (χ0) is 14.0. The minimum atomic E-state index is -0.439. The Kier molecular flexibility index (Phi) is 3.51. The van der Waals surface area contributed by atoms with Crippen molar-refractivity contribution in [3.8, 4) is 0 Å². The first-order chi connectivity index (χ1) is 8.99. The number of rotatable bonds is 2. The SMILES string of the molecule is Cc1cccc(C)c1C(=O)Nc1cc(F)ccc1N. The highest BCUT2D eigenvalue weighted by Crippen LogP contribution is 2.21. The molecule has 2 aromatic carbocycles. The Morgan fingerprint density at radius 3 is 2.42 bits per heavy atom. The quantitative estimate of drug-likeness (QED) is 0.812. The van der Waals surface area contributed by atoms with E-state index in [0.717, 1.165) is 11.1 Å². The molecular weight excluding hydrogens is 243 g/mol. The van der Waals surface area contributed by atoms with E-state index in [0.29, 0.717) is 11.3 Å². The third-order valence-electron chi connectivity index (χ3n) is 2.97. The molecule has 0 aliphatic rings. The topological polar surface area (TPSA) is 55.1 Å². The van der Waals surface area contributed by atoms with Gasteiger partial charge in [-0.1, -0.05) is 18.2 Å². The van der Waals surface area contributed by atoms with Crippen LogP contribution in [0.2, 0.25) is 0 Å². The molecule has 0 heterocycles.